The molecule has 0 radical (unpaired) electrons. The van der Waals surface area contributed by atoms with Gasteiger partial charge >= 0.3 is 0 Å². The van der Waals surface area contributed by atoms with Gasteiger partial charge in [0.25, 0.3) is 0 Å². The number of hydrogen-bond acceptors (Lipinski definition) is 5. The fraction of sp³-hybridized carbons (Fsp3) is 0.231. The molecule has 0 N–H and O–H groups in total. The summed E-state index contributed by atoms with van der Waals surface area (Å²) >= 11 is 9.41. The van der Waals surface area contributed by atoms with Gasteiger partial charge in [0.1, 0.15) is 5.15 Å². The van der Waals surface area contributed by atoms with Gasteiger partial charge in [-0.25, -0.2) is 9.97 Å². The van der Waals surface area contributed by atoms with Gasteiger partial charge in [0.05, 0.1) is 17.3 Å². The maximum atomic E-state index is 6.07. The van der Waals surface area contributed by atoms with Crippen LogP contribution in [0.5, 0.6) is 17.2 Å². The Hall–Kier alpha value is -1.53. The van der Waals surface area contributed by atoms with Gasteiger partial charge in [-0.1, -0.05) is 11.6 Å². The summed E-state index contributed by atoms with van der Waals surface area (Å²) in [7, 11) is 1.57. The molecular formula is C13H10BrClN2O3. The van der Waals surface area contributed by atoms with Crippen molar-refractivity contribution in [2.24, 2.45) is 0 Å². The zero-order valence-electron chi connectivity index (χ0n) is 10.7. The van der Waals surface area contributed by atoms with Crippen molar-refractivity contribution in [3.63, 3.8) is 0 Å². The number of fused-ring (bicyclic) bond motifs is 1. The lowest BCUT2D eigenvalue weighted by Gasteiger charge is -2.09. The van der Waals surface area contributed by atoms with E-state index in [4.69, 9.17) is 25.8 Å². The largest absolute Gasteiger partial charge is 0.493 e. The molecule has 20 heavy (non-hydrogen) atoms. The van der Waals surface area contributed by atoms with Crippen LogP contribution in [0.25, 0.3) is 11.4 Å². The molecule has 0 saturated carbocycles. The number of ether oxygens (including phenoxy) is 3. The summed E-state index contributed by atoms with van der Waals surface area (Å²) in [6, 6.07) is 3.61. The van der Waals surface area contributed by atoms with E-state index in [9.17, 15) is 0 Å². The van der Waals surface area contributed by atoms with Crippen molar-refractivity contribution in [3.8, 4) is 28.6 Å². The first-order valence-corrected chi connectivity index (χ1v) is 6.95. The molecule has 1 aromatic heterocycles. The van der Waals surface area contributed by atoms with Crippen LogP contribution in [0.3, 0.4) is 0 Å². The van der Waals surface area contributed by atoms with E-state index in [1.807, 2.05) is 13.0 Å². The Bertz CT molecular complexity index is 671. The number of nitrogens with zero attached hydrogens (tertiary/aromatic N) is 2. The number of methoxy groups -OCH3 is 1. The van der Waals surface area contributed by atoms with Crippen LogP contribution in [0.2, 0.25) is 5.15 Å². The number of aryl methyl sites for hydroxylation is 1. The topological polar surface area (TPSA) is 53.5 Å². The fourth-order valence-electron chi connectivity index (χ4n) is 1.91. The Morgan fingerprint density at radius 3 is 2.80 bits per heavy atom. The molecule has 2 heterocycles. The van der Waals surface area contributed by atoms with Crippen molar-refractivity contribution in [2.75, 3.05) is 13.9 Å². The summed E-state index contributed by atoms with van der Waals surface area (Å²) < 4.78 is 16.7. The highest BCUT2D eigenvalue weighted by Gasteiger charge is 2.22. The summed E-state index contributed by atoms with van der Waals surface area (Å²) in [5.41, 5.74) is 1.51. The highest BCUT2D eigenvalue weighted by atomic mass is 79.9. The zero-order chi connectivity index (χ0) is 14.3. The molecule has 104 valence electrons. The molecule has 0 spiro atoms. The van der Waals surface area contributed by atoms with E-state index in [1.54, 1.807) is 13.2 Å². The molecule has 5 nitrogen and oxygen atoms in total. The normalized spacial score (nSPS) is 12.6. The molecule has 0 bridgehead atoms. The minimum atomic E-state index is 0.177. The van der Waals surface area contributed by atoms with E-state index >= 15 is 0 Å². The summed E-state index contributed by atoms with van der Waals surface area (Å²) in [5, 5.41) is 0.365. The molecular weight excluding hydrogens is 348 g/mol. The highest BCUT2D eigenvalue weighted by molar-refractivity contribution is 9.10. The van der Waals surface area contributed by atoms with Crippen LogP contribution in [0, 0.1) is 6.92 Å². The van der Waals surface area contributed by atoms with Crippen LogP contribution < -0.4 is 14.2 Å². The lowest BCUT2D eigenvalue weighted by molar-refractivity contribution is 0.171. The number of hydrogen-bond donors (Lipinski definition) is 0. The molecule has 0 unspecified atom stereocenters. The molecule has 0 amide bonds. The van der Waals surface area contributed by atoms with E-state index in [0.717, 1.165) is 11.3 Å². The minimum absolute atomic E-state index is 0.177. The second kappa shape index (κ2) is 5.10. The van der Waals surface area contributed by atoms with Gasteiger partial charge in [0, 0.05) is 5.56 Å². The lowest BCUT2D eigenvalue weighted by Crippen LogP contribution is -1.95. The molecule has 1 aromatic carbocycles. The number of aromatic nitrogens is 2. The van der Waals surface area contributed by atoms with Gasteiger partial charge in [-0.3, -0.25) is 0 Å². The van der Waals surface area contributed by atoms with Crippen LogP contribution in [-0.4, -0.2) is 23.9 Å². The molecule has 0 atom stereocenters. The molecule has 0 saturated heterocycles. The summed E-state index contributed by atoms with van der Waals surface area (Å²) in [6.07, 6.45) is 0. The van der Waals surface area contributed by atoms with Gasteiger partial charge in [0.2, 0.25) is 12.5 Å². The third-order valence-corrected chi connectivity index (χ3v) is 4.34. The fourth-order valence-corrected chi connectivity index (χ4v) is 2.31. The van der Waals surface area contributed by atoms with Gasteiger partial charge in [-0.05, 0) is 35.0 Å². The first kappa shape index (κ1) is 13.5. The average Bonchev–Trinajstić information content (AvgIpc) is 2.91. The predicted octanol–water partition coefficient (Wildman–Crippen LogP) is 3.61. The highest BCUT2D eigenvalue weighted by Crippen LogP contribution is 2.44. The van der Waals surface area contributed by atoms with Crippen LogP contribution in [0.1, 0.15) is 5.69 Å². The first-order valence-electron chi connectivity index (χ1n) is 5.78. The van der Waals surface area contributed by atoms with E-state index in [2.05, 4.69) is 25.9 Å². The van der Waals surface area contributed by atoms with Gasteiger partial charge < -0.3 is 14.2 Å². The van der Waals surface area contributed by atoms with Crippen molar-refractivity contribution in [1.82, 2.24) is 9.97 Å². The zero-order valence-corrected chi connectivity index (χ0v) is 13.1. The van der Waals surface area contributed by atoms with Crippen molar-refractivity contribution >= 4 is 27.5 Å². The molecule has 0 fully saturated rings. The third-order valence-electron chi connectivity index (χ3n) is 2.89. The van der Waals surface area contributed by atoms with Crippen molar-refractivity contribution < 1.29 is 14.2 Å². The summed E-state index contributed by atoms with van der Waals surface area (Å²) in [4.78, 5) is 8.67. The minimum Gasteiger partial charge on any atom is -0.493 e. The van der Waals surface area contributed by atoms with Gasteiger partial charge in [0.15, 0.2) is 17.3 Å². The Balaban J connectivity index is 2.16. The van der Waals surface area contributed by atoms with Crippen molar-refractivity contribution in [2.45, 2.75) is 6.92 Å². The quantitative estimate of drug-likeness (QED) is 0.769. The smallest absolute Gasteiger partial charge is 0.231 e. The number of halogens is 2. The third kappa shape index (κ3) is 2.19. The standard InChI is InChI=1S/C13H10BrClN2O3/c1-6-10(14)12(15)17-13(16-6)7-3-8(18-2)11-9(4-7)19-5-20-11/h3-4H,5H2,1-2H3. The Morgan fingerprint density at radius 1 is 1.30 bits per heavy atom. The molecule has 1 aliphatic rings. The molecule has 3 rings (SSSR count). The monoisotopic (exact) mass is 356 g/mol. The number of rotatable bonds is 2. The molecule has 2 aromatic rings. The summed E-state index contributed by atoms with van der Waals surface area (Å²) in [6.45, 7) is 2.03. The average molecular weight is 358 g/mol. The van der Waals surface area contributed by atoms with Crippen LogP contribution >= 0.6 is 27.5 Å². The maximum Gasteiger partial charge on any atom is 0.231 e. The van der Waals surface area contributed by atoms with E-state index in [-0.39, 0.29) is 6.79 Å². The van der Waals surface area contributed by atoms with E-state index in [0.29, 0.717) is 32.7 Å². The van der Waals surface area contributed by atoms with Gasteiger partial charge in [-0.15, -0.1) is 0 Å². The van der Waals surface area contributed by atoms with Crippen molar-refractivity contribution in [1.29, 1.82) is 0 Å². The predicted molar refractivity (Wildman–Crippen MR) is 77.6 cm³/mol. The van der Waals surface area contributed by atoms with E-state index in [1.165, 1.54) is 0 Å². The van der Waals surface area contributed by atoms with E-state index < -0.39 is 0 Å². The van der Waals surface area contributed by atoms with Crippen LogP contribution in [-0.2, 0) is 0 Å². The summed E-state index contributed by atoms with van der Waals surface area (Å²) in [5.74, 6) is 2.29. The molecule has 7 heteroatoms. The van der Waals surface area contributed by atoms with Gasteiger partial charge in [-0.2, -0.15) is 0 Å². The lowest BCUT2D eigenvalue weighted by atomic mass is 10.1. The van der Waals surface area contributed by atoms with Crippen LogP contribution in [0.4, 0.5) is 0 Å². The molecule has 1 aliphatic heterocycles. The van der Waals surface area contributed by atoms with Crippen LogP contribution in [0.15, 0.2) is 16.6 Å². The van der Waals surface area contributed by atoms with Crippen molar-refractivity contribution in [3.05, 3.63) is 27.5 Å². The second-order valence-electron chi connectivity index (χ2n) is 4.15. The first-order chi connectivity index (χ1) is 9.60. The Labute approximate surface area is 129 Å². The Kier molecular flexibility index (Phi) is 3.43. The maximum absolute atomic E-state index is 6.07. The molecule has 0 aliphatic carbocycles. The second-order valence-corrected chi connectivity index (χ2v) is 5.30. The number of benzene rings is 1. The SMILES string of the molecule is COc1cc(-c2nc(C)c(Br)c(Cl)n2)cc2c1OCO2. The Morgan fingerprint density at radius 2 is 2.10 bits per heavy atom.